The zero-order chi connectivity index (χ0) is 17.8. The Labute approximate surface area is 156 Å². The zero-order valence-corrected chi connectivity index (χ0v) is 15.5. The first-order chi connectivity index (χ1) is 12.8. The van der Waals surface area contributed by atoms with Crippen LogP contribution in [0, 0.1) is 5.92 Å². The molecule has 0 N–H and O–H groups in total. The molecule has 1 saturated heterocycles. The molecule has 0 radical (unpaired) electrons. The lowest BCUT2D eigenvalue weighted by molar-refractivity contribution is 0.363. The van der Waals surface area contributed by atoms with Crippen LogP contribution >= 0.6 is 0 Å². The van der Waals surface area contributed by atoms with E-state index in [9.17, 15) is 0 Å². The highest BCUT2D eigenvalue weighted by molar-refractivity contribution is 5.82. The average Bonchev–Trinajstić information content (AvgIpc) is 3.32. The first-order valence-electron chi connectivity index (χ1n) is 9.53. The largest absolute Gasteiger partial charge is 0.496 e. The van der Waals surface area contributed by atoms with E-state index in [0.29, 0.717) is 5.92 Å². The summed E-state index contributed by atoms with van der Waals surface area (Å²) in [6.45, 7) is 5.08. The van der Waals surface area contributed by atoms with Crippen molar-refractivity contribution in [3.05, 3.63) is 65.7 Å². The summed E-state index contributed by atoms with van der Waals surface area (Å²) in [5.74, 6) is 2.86. The predicted molar refractivity (Wildman–Crippen MR) is 106 cm³/mol. The van der Waals surface area contributed by atoms with Crippen molar-refractivity contribution in [3.8, 4) is 5.75 Å². The molecule has 4 rings (SSSR count). The van der Waals surface area contributed by atoms with Gasteiger partial charge in [-0.05, 0) is 36.0 Å². The molecule has 1 atom stereocenters. The first kappa shape index (κ1) is 17.0. The Morgan fingerprint density at radius 1 is 1.04 bits per heavy atom. The quantitative estimate of drug-likeness (QED) is 0.828. The lowest BCUT2D eigenvalue weighted by Crippen LogP contribution is -2.40. The van der Waals surface area contributed by atoms with Crippen LogP contribution < -0.4 is 4.74 Å². The van der Waals surface area contributed by atoms with E-state index in [2.05, 4.69) is 58.3 Å². The second-order valence-electron chi connectivity index (χ2n) is 7.21. The molecule has 26 heavy (non-hydrogen) atoms. The van der Waals surface area contributed by atoms with Gasteiger partial charge in [-0.15, -0.1) is 0 Å². The van der Waals surface area contributed by atoms with Crippen molar-refractivity contribution in [2.75, 3.05) is 33.3 Å². The third kappa shape index (κ3) is 3.69. The van der Waals surface area contributed by atoms with E-state index in [-0.39, 0.29) is 0 Å². The highest BCUT2D eigenvalue weighted by Crippen LogP contribution is 2.27. The molecule has 2 aliphatic heterocycles. The van der Waals surface area contributed by atoms with Crippen LogP contribution in [0.15, 0.2) is 59.6 Å². The number of rotatable bonds is 5. The van der Waals surface area contributed by atoms with Crippen molar-refractivity contribution in [1.82, 2.24) is 9.80 Å². The van der Waals surface area contributed by atoms with Crippen LogP contribution in [0.3, 0.4) is 0 Å². The summed E-state index contributed by atoms with van der Waals surface area (Å²) < 4.78 is 5.52. The minimum atomic E-state index is 0.660. The summed E-state index contributed by atoms with van der Waals surface area (Å²) in [5, 5.41) is 0. The lowest BCUT2D eigenvalue weighted by atomic mass is 9.98. The molecule has 2 aliphatic rings. The van der Waals surface area contributed by atoms with Crippen molar-refractivity contribution in [1.29, 1.82) is 0 Å². The van der Waals surface area contributed by atoms with E-state index < -0.39 is 0 Å². The summed E-state index contributed by atoms with van der Waals surface area (Å²) >= 11 is 0. The van der Waals surface area contributed by atoms with Gasteiger partial charge >= 0.3 is 0 Å². The number of para-hydroxylation sites is 1. The van der Waals surface area contributed by atoms with Crippen molar-refractivity contribution >= 4 is 5.96 Å². The Kier molecular flexibility index (Phi) is 5.09. The maximum atomic E-state index is 5.52. The molecule has 0 aliphatic carbocycles. The van der Waals surface area contributed by atoms with Gasteiger partial charge in [0.25, 0.3) is 0 Å². The number of likely N-dealkylation sites (tertiary alicyclic amines) is 1. The average molecular weight is 349 g/mol. The molecule has 1 fully saturated rings. The minimum absolute atomic E-state index is 0.660. The van der Waals surface area contributed by atoms with E-state index in [4.69, 9.17) is 9.73 Å². The third-order valence-corrected chi connectivity index (χ3v) is 5.39. The SMILES string of the molecule is COc1ccccc1CC1CCN(C2=NCCN2Cc2ccccc2)C1. The van der Waals surface area contributed by atoms with Crippen LogP contribution in [0.5, 0.6) is 5.75 Å². The number of aliphatic imine (C=N–C) groups is 1. The van der Waals surface area contributed by atoms with E-state index in [0.717, 1.165) is 44.9 Å². The van der Waals surface area contributed by atoms with Crippen LogP contribution in [-0.4, -0.2) is 49.0 Å². The fourth-order valence-electron chi connectivity index (χ4n) is 4.09. The molecular formula is C22H27N3O. The van der Waals surface area contributed by atoms with E-state index in [1.807, 2.05) is 6.07 Å². The van der Waals surface area contributed by atoms with Gasteiger partial charge in [0, 0.05) is 26.2 Å². The molecule has 2 aromatic rings. The summed E-state index contributed by atoms with van der Waals surface area (Å²) in [7, 11) is 1.76. The Morgan fingerprint density at radius 2 is 1.85 bits per heavy atom. The third-order valence-electron chi connectivity index (χ3n) is 5.39. The fraction of sp³-hybridized carbons (Fsp3) is 0.409. The number of nitrogens with zero attached hydrogens (tertiary/aromatic N) is 3. The highest BCUT2D eigenvalue weighted by atomic mass is 16.5. The number of ether oxygens (including phenoxy) is 1. The lowest BCUT2D eigenvalue weighted by Gasteiger charge is -2.28. The number of hydrogen-bond acceptors (Lipinski definition) is 4. The van der Waals surface area contributed by atoms with Crippen molar-refractivity contribution < 1.29 is 4.74 Å². The normalized spacial score (nSPS) is 19.7. The predicted octanol–water partition coefficient (Wildman–Crippen LogP) is 3.43. The van der Waals surface area contributed by atoms with E-state index in [1.165, 1.54) is 23.5 Å². The molecule has 0 saturated carbocycles. The van der Waals surface area contributed by atoms with Gasteiger partial charge in [0.2, 0.25) is 0 Å². The Bertz CT molecular complexity index is 759. The van der Waals surface area contributed by atoms with Gasteiger partial charge in [0.15, 0.2) is 5.96 Å². The molecule has 2 heterocycles. The van der Waals surface area contributed by atoms with Crippen LogP contribution in [0.2, 0.25) is 0 Å². The fourth-order valence-corrected chi connectivity index (χ4v) is 4.09. The molecule has 0 spiro atoms. The van der Waals surface area contributed by atoms with Crippen molar-refractivity contribution in [3.63, 3.8) is 0 Å². The van der Waals surface area contributed by atoms with Gasteiger partial charge in [-0.3, -0.25) is 4.99 Å². The number of guanidine groups is 1. The van der Waals surface area contributed by atoms with Gasteiger partial charge in [0.1, 0.15) is 5.75 Å². The van der Waals surface area contributed by atoms with Gasteiger partial charge in [-0.25, -0.2) is 0 Å². The Morgan fingerprint density at radius 3 is 2.69 bits per heavy atom. The second-order valence-corrected chi connectivity index (χ2v) is 7.21. The maximum absolute atomic E-state index is 5.52. The minimum Gasteiger partial charge on any atom is -0.496 e. The summed E-state index contributed by atoms with van der Waals surface area (Å²) in [5.41, 5.74) is 2.67. The monoisotopic (exact) mass is 349 g/mol. The summed E-state index contributed by atoms with van der Waals surface area (Å²) in [6, 6.07) is 19.1. The van der Waals surface area contributed by atoms with E-state index >= 15 is 0 Å². The molecule has 0 aromatic heterocycles. The number of methoxy groups -OCH3 is 1. The first-order valence-corrected chi connectivity index (χ1v) is 9.53. The van der Waals surface area contributed by atoms with Crippen LogP contribution in [0.1, 0.15) is 17.5 Å². The van der Waals surface area contributed by atoms with Gasteiger partial charge < -0.3 is 14.5 Å². The number of hydrogen-bond donors (Lipinski definition) is 0. The molecule has 136 valence electrons. The molecule has 0 bridgehead atoms. The van der Waals surface area contributed by atoms with Crippen LogP contribution in [-0.2, 0) is 13.0 Å². The van der Waals surface area contributed by atoms with Crippen LogP contribution in [0.4, 0.5) is 0 Å². The van der Waals surface area contributed by atoms with Crippen LogP contribution in [0.25, 0.3) is 0 Å². The smallest absolute Gasteiger partial charge is 0.197 e. The van der Waals surface area contributed by atoms with Gasteiger partial charge in [-0.2, -0.15) is 0 Å². The zero-order valence-electron chi connectivity index (χ0n) is 15.5. The molecule has 0 amide bonds. The molecule has 4 heteroatoms. The second kappa shape index (κ2) is 7.81. The van der Waals surface area contributed by atoms with Crippen molar-refractivity contribution in [2.24, 2.45) is 10.9 Å². The summed E-state index contributed by atoms with van der Waals surface area (Å²) in [4.78, 5) is 9.73. The molecular weight excluding hydrogens is 322 g/mol. The van der Waals surface area contributed by atoms with E-state index in [1.54, 1.807) is 7.11 Å². The Balaban J connectivity index is 1.38. The molecule has 4 nitrogen and oxygen atoms in total. The summed E-state index contributed by atoms with van der Waals surface area (Å²) in [6.07, 6.45) is 2.29. The number of benzene rings is 2. The highest BCUT2D eigenvalue weighted by Gasteiger charge is 2.30. The Hall–Kier alpha value is -2.49. The van der Waals surface area contributed by atoms with Crippen molar-refractivity contribution in [2.45, 2.75) is 19.4 Å². The topological polar surface area (TPSA) is 28.1 Å². The van der Waals surface area contributed by atoms with Gasteiger partial charge in [0.05, 0.1) is 13.7 Å². The maximum Gasteiger partial charge on any atom is 0.197 e. The standard InChI is InChI=1S/C22H27N3O/c1-26-21-10-6-5-9-20(21)15-19-11-13-24(17-19)22-23-12-14-25(22)16-18-7-3-2-4-8-18/h2-10,19H,11-17H2,1H3. The molecule has 1 unspecified atom stereocenters. The van der Waals surface area contributed by atoms with Gasteiger partial charge in [-0.1, -0.05) is 48.5 Å². The molecule has 2 aromatic carbocycles.